The van der Waals surface area contributed by atoms with Crippen LogP contribution in [0.5, 0.6) is 5.75 Å². The molecule has 0 spiro atoms. The minimum atomic E-state index is -0.782. The summed E-state index contributed by atoms with van der Waals surface area (Å²) in [4.78, 5) is 10.7. The van der Waals surface area contributed by atoms with Gasteiger partial charge in [0.15, 0.2) is 0 Å². The molecule has 2 atom stereocenters. The molecule has 0 fully saturated rings. The number of aliphatic hydroxyl groups is 1. The predicted octanol–water partition coefficient (Wildman–Crippen LogP) is 3.37. The van der Waals surface area contributed by atoms with E-state index in [1.807, 2.05) is 30.3 Å². The fourth-order valence-corrected chi connectivity index (χ4v) is 3.46. The molecular weight excluding hydrogens is 366 g/mol. The monoisotopic (exact) mass is 389 g/mol. The van der Waals surface area contributed by atoms with Crippen molar-refractivity contribution in [1.82, 2.24) is 5.32 Å². The fourth-order valence-electron chi connectivity index (χ4n) is 3.26. The van der Waals surface area contributed by atoms with E-state index in [4.69, 9.17) is 21.4 Å². The number of benzene rings is 2. The summed E-state index contributed by atoms with van der Waals surface area (Å²) < 4.78 is 6.04. The highest BCUT2D eigenvalue weighted by atomic mass is 35.5. The summed E-state index contributed by atoms with van der Waals surface area (Å²) in [6.07, 6.45) is 1.90. The molecule has 1 aliphatic heterocycles. The first-order valence-electron chi connectivity index (χ1n) is 9.16. The molecule has 2 aromatic carbocycles. The summed E-state index contributed by atoms with van der Waals surface area (Å²) >= 11 is 5.96. The number of carbonyl (C=O) groups is 1. The summed E-state index contributed by atoms with van der Waals surface area (Å²) in [5.41, 5.74) is 2.95. The van der Waals surface area contributed by atoms with E-state index in [1.165, 1.54) is 0 Å². The normalized spacial score (nSPS) is 17.0. The van der Waals surface area contributed by atoms with Gasteiger partial charge in [0.1, 0.15) is 11.9 Å². The summed E-state index contributed by atoms with van der Waals surface area (Å²) in [5.74, 6) is 0.0811. The largest absolute Gasteiger partial charge is 0.489 e. The molecule has 5 nitrogen and oxygen atoms in total. The van der Waals surface area contributed by atoms with Crippen molar-refractivity contribution in [3.8, 4) is 5.75 Å². The van der Waals surface area contributed by atoms with Crippen molar-refractivity contribution in [2.24, 2.45) is 0 Å². The minimum absolute atomic E-state index is 0.0499. The lowest BCUT2D eigenvalue weighted by atomic mass is 9.98. The molecule has 0 bridgehead atoms. The lowest BCUT2D eigenvalue weighted by molar-refractivity contribution is -0.136. The highest BCUT2D eigenvalue weighted by molar-refractivity contribution is 6.30. The SMILES string of the molecule is O=C(O)CCc1ccc2c(c1)CCC(CNC[C@@H](O)c1cccc(Cl)c1)O2. The van der Waals surface area contributed by atoms with E-state index in [1.54, 1.807) is 12.1 Å². The molecule has 0 saturated heterocycles. The highest BCUT2D eigenvalue weighted by Gasteiger charge is 2.20. The van der Waals surface area contributed by atoms with E-state index in [0.29, 0.717) is 24.5 Å². The average Bonchev–Trinajstić information content (AvgIpc) is 2.66. The first kappa shape index (κ1) is 19.7. The summed E-state index contributed by atoms with van der Waals surface area (Å²) in [5, 5.41) is 22.9. The Balaban J connectivity index is 1.47. The van der Waals surface area contributed by atoms with Crippen molar-refractivity contribution in [3.63, 3.8) is 0 Å². The average molecular weight is 390 g/mol. The Morgan fingerprint density at radius 2 is 2.15 bits per heavy atom. The van der Waals surface area contributed by atoms with E-state index in [0.717, 1.165) is 35.3 Å². The van der Waals surface area contributed by atoms with Crippen LogP contribution in [0, 0.1) is 0 Å². The van der Waals surface area contributed by atoms with Crippen molar-refractivity contribution in [2.75, 3.05) is 13.1 Å². The number of aliphatic carboxylic acids is 1. The van der Waals surface area contributed by atoms with Gasteiger partial charge in [-0.25, -0.2) is 0 Å². The molecular formula is C21H24ClNO4. The second-order valence-corrected chi connectivity index (χ2v) is 7.28. The lowest BCUT2D eigenvalue weighted by Crippen LogP contribution is -2.36. The van der Waals surface area contributed by atoms with Gasteiger partial charge in [-0.1, -0.05) is 35.9 Å². The van der Waals surface area contributed by atoms with Crippen LogP contribution < -0.4 is 10.1 Å². The molecule has 0 saturated carbocycles. The van der Waals surface area contributed by atoms with Crippen molar-refractivity contribution < 1.29 is 19.7 Å². The van der Waals surface area contributed by atoms with Crippen LogP contribution in [0.1, 0.15) is 35.6 Å². The molecule has 0 aliphatic carbocycles. The van der Waals surface area contributed by atoms with Gasteiger partial charge >= 0.3 is 5.97 Å². The highest BCUT2D eigenvalue weighted by Crippen LogP contribution is 2.29. The molecule has 3 N–H and O–H groups in total. The first-order valence-corrected chi connectivity index (χ1v) is 9.53. The van der Waals surface area contributed by atoms with Crippen LogP contribution in [-0.4, -0.2) is 35.4 Å². The van der Waals surface area contributed by atoms with Crippen LogP contribution in [0.25, 0.3) is 0 Å². The molecule has 1 heterocycles. The Morgan fingerprint density at radius 1 is 1.30 bits per heavy atom. The number of ether oxygens (including phenoxy) is 1. The Hall–Kier alpha value is -2.08. The second-order valence-electron chi connectivity index (χ2n) is 6.84. The van der Waals surface area contributed by atoms with E-state index in [-0.39, 0.29) is 12.5 Å². The van der Waals surface area contributed by atoms with Crippen LogP contribution >= 0.6 is 11.6 Å². The number of aliphatic hydroxyl groups excluding tert-OH is 1. The third-order valence-electron chi connectivity index (χ3n) is 4.72. The zero-order valence-corrected chi connectivity index (χ0v) is 15.8. The lowest BCUT2D eigenvalue weighted by Gasteiger charge is -2.27. The Kier molecular flexibility index (Phi) is 6.72. The van der Waals surface area contributed by atoms with Gasteiger partial charge < -0.3 is 20.3 Å². The first-order chi connectivity index (χ1) is 13.0. The van der Waals surface area contributed by atoms with Gasteiger partial charge in [0.2, 0.25) is 0 Å². The number of hydrogen-bond acceptors (Lipinski definition) is 4. The van der Waals surface area contributed by atoms with Gasteiger partial charge in [0, 0.05) is 24.5 Å². The smallest absolute Gasteiger partial charge is 0.303 e. The fraction of sp³-hybridized carbons (Fsp3) is 0.381. The standard InChI is InChI=1S/C21H24ClNO4/c22-17-3-1-2-15(11-17)19(24)13-23-12-18-7-6-16-10-14(5-9-21(25)26)4-8-20(16)27-18/h1-4,8,10-11,18-19,23-24H,5-7,9,12-13H2,(H,25,26)/t18?,19-/m1/s1. The number of hydrogen-bond donors (Lipinski definition) is 3. The van der Waals surface area contributed by atoms with E-state index in [9.17, 15) is 9.90 Å². The molecule has 0 aromatic heterocycles. The molecule has 0 radical (unpaired) electrons. The summed E-state index contributed by atoms with van der Waals surface area (Å²) in [6, 6.07) is 13.1. The van der Waals surface area contributed by atoms with Gasteiger partial charge in [0.25, 0.3) is 0 Å². The maximum absolute atomic E-state index is 10.7. The summed E-state index contributed by atoms with van der Waals surface area (Å²) in [7, 11) is 0. The maximum Gasteiger partial charge on any atom is 0.303 e. The van der Waals surface area contributed by atoms with Gasteiger partial charge in [0.05, 0.1) is 6.10 Å². The number of aryl methyl sites for hydroxylation is 2. The van der Waals surface area contributed by atoms with Gasteiger partial charge in [-0.05, 0) is 54.2 Å². The van der Waals surface area contributed by atoms with Crippen LogP contribution in [0.4, 0.5) is 0 Å². The quantitative estimate of drug-likeness (QED) is 0.645. The molecule has 0 amide bonds. The zero-order chi connectivity index (χ0) is 19.2. The maximum atomic E-state index is 10.7. The van der Waals surface area contributed by atoms with E-state index >= 15 is 0 Å². The van der Waals surface area contributed by atoms with Crippen LogP contribution in [-0.2, 0) is 17.6 Å². The Morgan fingerprint density at radius 3 is 2.93 bits per heavy atom. The molecule has 2 aromatic rings. The number of carboxylic acid groups (broad SMARTS) is 1. The van der Waals surface area contributed by atoms with Crippen LogP contribution in [0.15, 0.2) is 42.5 Å². The van der Waals surface area contributed by atoms with Crippen LogP contribution in [0.3, 0.4) is 0 Å². The Labute approximate surface area is 163 Å². The second kappa shape index (κ2) is 9.22. The number of nitrogens with one attached hydrogen (secondary N) is 1. The molecule has 1 unspecified atom stereocenters. The van der Waals surface area contributed by atoms with E-state index < -0.39 is 12.1 Å². The third kappa shape index (κ3) is 5.70. The van der Waals surface area contributed by atoms with Gasteiger partial charge in [-0.2, -0.15) is 0 Å². The molecule has 1 aliphatic rings. The topological polar surface area (TPSA) is 78.8 Å². The van der Waals surface area contributed by atoms with E-state index in [2.05, 4.69) is 5.32 Å². The number of carboxylic acids is 1. The van der Waals surface area contributed by atoms with Crippen molar-refractivity contribution in [3.05, 3.63) is 64.2 Å². The number of fused-ring (bicyclic) bond motifs is 1. The molecule has 27 heavy (non-hydrogen) atoms. The summed E-state index contributed by atoms with van der Waals surface area (Å²) in [6.45, 7) is 1.08. The van der Waals surface area contributed by atoms with Crippen molar-refractivity contribution >= 4 is 17.6 Å². The predicted molar refractivity (Wildman–Crippen MR) is 104 cm³/mol. The minimum Gasteiger partial charge on any atom is -0.489 e. The van der Waals surface area contributed by atoms with Crippen LogP contribution in [0.2, 0.25) is 5.02 Å². The van der Waals surface area contributed by atoms with Gasteiger partial charge in [-0.3, -0.25) is 4.79 Å². The number of halogens is 1. The molecule has 3 rings (SSSR count). The third-order valence-corrected chi connectivity index (χ3v) is 4.96. The van der Waals surface area contributed by atoms with Crippen molar-refractivity contribution in [2.45, 2.75) is 37.9 Å². The zero-order valence-electron chi connectivity index (χ0n) is 15.0. The number of rotatable bonds is 8. The van der Waals surface area contributed by atoms with Crippen molar-refractivity contribution in [1.29, 1.82) is 0 Å². The Bertz CT molecular complexity index is 796. The molecule has 6 heteroatoms. The molecule has 144 valence electrons. The van der Waals surface area contributed by atoms with Gasteiger partial charge in [-0.15, -0.1) is 0 Å².